The molecule has 1 aromatic rings. The molecule has 1 atom stereocenters. The van der Waals surface area contributed by atoms with E-state index in [0.717, 1.165) is 25.7 Å². The van der Waals surface area contributed by atoms with Crippen LogP contribution in [-0.4, -0.2) is 32.8 Å². The van der Waals surface area contributed by atoms with Crippen LogP contribution in [0.3, 0.4) is 0 Å². The smallest absolute Gasteiger partial charge is 0.326 e. The van der Waals surface area contributed by atoms with E-state index in [-0.39, 0.29) is 0 Å². The zero-order valence-corrected chi connectivity index (χ0v) is 12.4. The Morgan fingerprint density at radius 2 is 2.19 bits per heavy atom. The van der Waals surface area contributed by atoms with Gasteiger partial charge in [-0.25, -0.2) is 4.79 Å². The summed E-state index contributed by atoms with van der Waals surface area (Å²) in [5.41, 5.74) is 0.296. The number of unbranched alkanes of at least 4 members (excludes halogenated alkanes) is 1. The highest BCUT2D eigenvalue weighted by molar-refractivity contribution is 5.94. The first-order chi connectivity index (χ1) is 10.1. The second kappa shape index (κ2) is 7.24. The molecule has 116 valence electrons. The molecule has 2 rings (SSSR count). The van der Waals surface area contributed by atoms with Gasteiger partial charge in [-0.3, -0.25) is 9.48 Å². The molecule has 1 amide bonds. The number of nitrogens with zero attached hydrogens (tertiary/aromatic N) is 2. The van der Waals surface area contributed by atoms with Gasteiger partial charge in [0.25, 0.3) is 5.91 Å². The summed E-state index contributed by atoms with van der Waals surface area (Å²) < 4.78 is 1.84. The number of aliphatic carboxylic acids is 1. The van der Waals surface area contributed by atoms with Crippen molar-refractivity contribution in [2.45, 2.75) is 64.0 Å². The van der Waals surface area contributed by atoms with Crippen molar-refractivity contribution in [1.82, 2.24) is 15.1 Å². The number of carboxylic acids is 1. The van der Waals surface area contributed by atoms with Gasteiger partial charge in [0.05, 0.1) is 6.04 Å². The lowest BCUT2D eigenvalue weighted by Gasteiger charge is -2.13. The number of aromatic nitrogens is 2. The minimum absolute atomic E-state index is 0.296. The molecule has 0 aromatic carbocycles. The summed E-state index contributed by atoms with van der Waals surface area (Å²) >= 11 is 0. The summed E-state index contributed by atoms with van der Waals surface area (Å²) in [6, 6.07) is 1.20. The lowest BCUT2D eigenvalue weighted by Crippen LogP contribution is -2.40. The molecule has 0 saturated heterocycles. The molecule has 1 aromatic heterocycles. The molecule has 1 fully saturated rings. The van der Waals surface area contributed by atoms with E-state index in [0.29, 0.717) is 18.2 Å². The third kappa shape index (κ3) is 4.06. The van der Waals surface area contributed by atoms with Crippen LogP contribution in [0.1, 0.15) is 68.4 Å². The Kier molecular flexibility index (Phi) is 5.36. The standard InChI is InChI=1S/C15H23N3O3/c1-2-3-8-13(15(20)21)16-14(19)12-9-10-18(17-12)11-6-4-5-7-11/h9-11,13H,2-8H2,1H3,(H,16,19)(H,20,21)/t13-/m0/s1. The first-order valence-corrected chi connectivity index (χ1v) is 7.70. The van der Waals surface area contributed by atoms with Gasteiger partial charge in [-0.15, -0.1) is 0 Å². The number of carboxylic acid groups (broad SMARTS) is 1. The first kappa shape index (κ1) is 15.5. The lowest BCUT2D eigenvalue weighted by atomic mass is 10.1. The number of hydrogen-bond acceptors (Lipinski definition) is 3. The first-order valence-electron chi connectivity index (χ1n) is 7.70. The molecule has 6 nitrogen and oxygen atoms in total. The van der Waals surface area contributed by atoms with Gasteiger partial charge < -0.3 is 10.4 Å². The van der Waals surface area contributed by atoms with Crippen LogP contribution in [0, 0.1) is 0 Å². The van der Waals surface area contributed by atoms with Gasteiger partial charge in [-0.05, 0) is 25.3 Å². The van der Waals surface area contributed by atoms with E-state index in [1.807, 2.05) is 17.8 Å². The van der Waals surface area contributed by atoms with Crippen molar-refractivity contribution in [2.24, 2.45) is 0 Å². The fourth-order valence-corrected chi connectivity index (χ4v) is 2.73. The quantitative estimate of drug-likeness (QED) is 0.808. The minimum Gasteiger partial charge on any atom is -0.480 e. The Morgan fingerprint density at radius 3 is 2.81 bits per heavy atom. The van der Waals surface area contributed by atoms with Crippen molar-refractivity contribution in [3.63, 3.8) is 0 Å². The highest BCUT2D eigenvalue weighted by atomic mass is 16.4. The second-order valence-electron chi connectivity index (χ2n) is 5.63. The average Bonchev–Trinajstić information content (AvgIpc) is 3.12. The Labute approximate surface area is 124 Å². The van der Waals surface area contributed by atoms with Crippen LogP contribution in [0.15, 0.2) is 12.3 Å². The molecule has 0 aliphatic heterocycles. The predicted molar refractivity (Wildman–Crippen MR) is 78.1 cm³/mol. The fourth-order valence-electron chi connectivity index (χ4n) is 2.73. The van der Waals surface area contributed by atoms with Crippen molar-refractivity contribution in [3.8, 4) is 0 Å². The van der Waals surface area contributed by atoms with E-state index < -0.39 is 17.9 Å². The Morgan fingerprint density at radius 1 is 1.48 bits per heavy atom. The summed E-state index contributed by atoms with van der Waals surface area (Å²) in [6.07, 6.45) is 8.51. The van der Waals surface area contributed by atoms with Crippen LogP contribution < -0.4 is 5.32 Å². The molecule has 0 radical (unpaired) electrons. The van der Waals surface area contributed by atoms with E-state index in [9.17, 15) is 9.59 Å². The van der Waals surface area contributed by atoms with Gasteiger partial charge in [0.15, 0.2) is 0 Å². The Bertz CT molecular complexity index is 492. The summed E-state index contributed by atoms with van der Waals surface area (Å²) in [5, 5.41) is 16.0. The Balaban J connectivity index is 1.96. The maximum Gasteiger partial charge on any atom is 0.326 e. The van der Waals surface area contributed by atoms with Crippen molar-refractivity contribution in [3.05, 3.63) is 18.0 Å². The van der Waals surface area contributed by atoms with E-state index in [1.165, 1.54) is 12.8 Å². The summed E-state index contributed by atoms with van der Waals surface area (Å²) in [4.78, 5) is 23.2. The number of amides is 1. The number of carbonyl (C=O) groups is 2. The molecule has 0 unspecified atom stereocenters. The van der Waals surface area contributed by atoms with Crippen LogP contribution in [0.5, 0.6) is 0 Å². The topological polar surface area (TPSA) is 84.2 Å². The van der Waals surface area contributed by atoms with Gasteiger partial charge in [0, 0.05) is 6.20 Å². The molecular weight excluding hydrogens is 270 g/mol. The van der Waals surface area contributed by atoms with E-state index >= 15 is 0 Å². The summed E-state index contributed by atoms with van der Waals surface area (Å²) in [5.74, 6) is -1.40. The van der Waals surface area contributed by atoms with Crippen LogP contribution in [0.2, 0.25) is 0 Å². The van der Waals surface area contributed by atoms with E-state index in [4.69, 9.17) is 5.11 Å². The summed E-state index contributed by atoms with van der Waals surface area (Å²) in [7, 11) is 0. The zero-order chi connectivity index (χ0) is 15.2. The van der Waals surface area contributed by atoms with Crippen LogP contribution in [0.25, 0.3) is 0 Å². The molecule has 1 saturated carbocycles. The largest absolute Gasteiger partial charge is 0.480 e. The van der Waals surface area contributed by atoms with Gasteiger partial charge in [0.2, 0.25) is 0 Å². The highest BCUT2D eigenvalue weighted by Gasteiger charge is 2.23. The molecule has 0 bridgehead atoms. The highest BCUT2D eigenvalue weighted by Crippen LogP contribution is 2.28. The van der Waals surface area contributed by atoms with Crippen LogP contribution >= 0.6 is 0 Å². The fraction of sp³-hybridized carbons (Fsp3) is 0.667. The van der Waals surface area contributed by atoms with Gasteiger partial charge in [0.1, 0.15) is 11.7 Å². The molecule has 1 aliphatic rings. The van der Waals surface area contributed by atoms with Crippen LogP contribution in [-0.2, 0) is 4.79 Å². The van der Waals surface area contributed by atoms with Gasteiger partial charge in [-0.2, -0.15) is 5.10 Å². The van der Waals surface area contributed by atoms with Gasteiger partial charge in [-0.1, -0.05) is 32.6 Å². The number of nitrogens with one attached hydrogen (secondary N) is 1. The minimum atomic E-state index is -0.993. The average molecular weight is 293 g/mol. The normalized spacial score (nSPS) is 16.8. The third-order valence-electron chi connectivity index (χ3n) is 3.99. The maximum atomic E-state index is 12.1. The Hall–Kier alpha value is -1.85. The molecular formula is C15H23N3O3. The number of hydrogen-bond donors (Lipinski definition) is 2. The summed E-state index contributed by atoms with van der Waals surface area (Å²) in [6.45, 7) is 1.99. The predicted octanol–water partition coefficient (Wildman–Crippen LogP) is 2.37. The molecule has 6 heteroatoms. The van der Waals surface area contributed by atoms with E-state index in [2.05, 4.69) is 10.4 Å². The van der Waals surface area contributed by atoms with E-state index in [1.54, 1.807) is 6.07 Å². The zero-order valence-electron chi connectivity index (χ0n) is 12.4. The molecule has 0 spiro atoms. The van der Waals surface area contributed by atoms with Gasteiger partial charge >= 0.3 is 5.97 Å². The number of carbonyl (C=O) groups excluding carboxylic acids is 1. The monoisotopic (exact) mass is 293 g/mol. The second-order valence-corrected chi connectivity index (χ2v) is 5.63. The number of rotatable bonds is 7. The van der Waals surface area contributed by atoms with Crippen LogP contribution in [0.4, 0.5) is 0 Å². The molecule has 21 heavy (non-hydrogen) atoms. The third-order valence-corrected chi connectivity index (χ3v) is 3.99. The molecule has 1 aliphatic carbocycles. The van der Waals surface area contributed by atoms with Crippen molar-refractivity contribution in [1.29, 1.82) is 0 Å². The maximum absolute atomic E-state index is 12.1. The van der Waals surface area contributed by atoms with Crippen molar-refractivity contribution >= 4 is 11.9 Å². The molecule has 2 N–H and O–H groups in total. The van der Waals surface area contributed by atoms with Crippen molar-refractivity contribution in [2.75, 3.05) is 0 Å². The van der Waals surface area contributed by atoms with Crippen molar-refractivity contribution < 1.29 is 14.7 Å². The SMILES string of the molecule is CCCC[C@H](NC(=O)c1ccn(C2CCCC2)n1)C(=O)O. The lowest BCUT2D eigenvalue weighted by molar-refractivity contribution is -0.139. The molecule has 1 heterocycles.